The van der Waals surface area contributed by atoms with Crippen LogP contribution in [0.15, 0.2) is 18.7 Å². The van der Waals surface area contributed by atoms with Gasteiger partial charge in [0.25, 0.3) is 0 Å². The van der Waals surface area contributed by atoms with Gasteiger partial charge in [0.2, 0.25) is 5.91 Å². The summed E-state index contributed by atoms with van der Waals surface area (Å²) in [5.74, 6) is 0.755. The summed E-state index contributed by atoms with van der Waals surface area (Å²) >= 11 is 0. The van der Waals surface area contributed by atoms with Crippen molar-refractivity contribution in [2.75, 3.05) is 20.3 Å². The van der Waals surface area contributed by atoms with Gasteiger partial charge in [-0.3, -0.25) is 4.79 Å². The number of rotatable bonds is 5. The van der Waals surface area contributed by atoms with Crippen LogP contribution in [0.25, 0.3) is 0 Å². The molecular formula is C13H19N3O3. The van der Waals surface area contributed by atoms with Crippen LogP contribution in [0.2, 0.25) is 0 Å². The molecule has 2 fully saturated rings. The van der Waals surface area contributed by atoms with E-state index in [9.17, 15) is 4.79 Å². The molecule has 104 valence electrons. The number of methoxy groups -OCH3 is 1. The molecule has 2 aliphatic rings. The first-order valence-electron chi connectivity index (χ1n) is 6.65. The molecule has 3 rings (SSSR count). The van der Waals surface area contributed by atoms with Gasteiger partial charge in [-0.15, -0.1) is 0 Å². The van der Waals surface area contributed by atoms with Gasteiger partial charge in [-0.05, 0) is 6.42 Å². The number of hydrogen-bond donors (Lipinski definition) is 1. The van der Waals surface area contributed by atoms with Crippen molar-refractivity contribution >= 4 is 5.91 Å². The maximum Gasteiger partial charge on any atom is 0.240 e. The second kappa shape index (κ2) is 5.30. The standard InChI is InChI=1S/C13H19N3O3/c1-18-7-10-12(9-2-5-19-13(9)10)15-11(17)6-16-4-3-14-8-16/h3-4,8-10,12-13H,2,5-7H2,1H3,(H,15,17)/t9-,10-,12-,13-/m0/s1. The van der Waals surface area contributed by atoms with Crippen molar-refractivity contribution in [2.45, 2.75) is 25.1 Å². The number of nitrogens with one attached hydrogen (secondary N) is 1. The van der Waals surface area contributed by atoms with E-state index in [0.717, 1.165) is 13.0 Å². The molecule has 1 N–H and O–H groups in total. The predicted octanol–water partition coefficient (Wildman–Crippen LogP) is 0.0492. The Morgan fingerprint density at radius 2 is 2.53 bits per heavy atom. The van der Waals surface area contributed by atoms with Gasteiger partial charge in [0.05, 0.1) is 19.0 Å². The molecule has 1 aromatic rings. The molecular weight excluding hydrogens is 246 g/mol. The minimum Gasteiger partial charge on any atom is -0.384 e. The molecule has 1 saturated heterocycles. The summed E-state index contributed by atoms with van der Waals surface area (Å²) in [4.78, 5) is 15.9. The van der Waals surface area contributed by atoms with Crippen molar-refractivity contribution in [3.8, 4) is 0 Å². The van der Waals surface area contributed by atoms with Crippen LogP contribution in [-0.2, 0) is 20.8 Å². The van der Waals surface area contributed by atoms with Gasteiger partial charge in [-0.1, -0.05) is 0 Å². The van der Waals surface area contributed by atoms with Crippen LogP contribution in [0.3, 0.4) is 0 Å². The van der Waals surface area contributed by atoms with Crippen molar-refractivity contribution in [2.24, 2.45) is 11.8 Å². The highest BCUT2D eigenvalue weighted by molar-refractivity contribution is 5.76. The molecule has 19 heavy (non-hydrogen) atoms. The Morgan fingerprint density at radius 1 is 1.63 bits per heavy atom. The number of fused-ring (bicyclic) bond motifs is 1. The maximum atomic E-state index is 12.0. The van der Waals surface area contributed by atoms with Crippen LogP contribution in [0.4, 0.5) is 0 Å². The summed E-state index contributed by atoms with van der Waals surface area (Å²) in [6, 6.07) is 0.184. The highest BCUT2D eigenvalue weighted by Crippen LogP contribution is 2.43. The van der Waals surface area contributed by atoms with Gasteiger partial charge in [0.1, 0.15) is 6.54 Å². The van der Waals surface area contributed by atoms with Crippen LogP contribution in [0, 0.1) is 11.8 Å². The topological polar surface area (TPSA) is 65.4 Å². The summed E-state index contributed by atoms with van der Waals surface area (Å²) in [5.41, 5.74) is 0. The molecule has 1 aromatic heterocycles. The van der Waals surface area contributed by atoms with Gasteiger partial charge in [-0.25, -0.2) is 4.98 Å². The van der Waals surface area contributed by atoms with Crippen molar-refractivity contribution in [1.29, 1.82) is 0 Å². The van der Waals surface area contributed by atoms with E-state index in [2.05, 4.69) is 10.3 Å². The molecule has 4 atom stereocenters. The van der Waals surface area contributed by atoms with Gasteiger partial charge >= 0.3 is 0 Å². The Morgan fingerprint density at radius 3 is 3.26 bits per heavy atom. The fourth-order valence-electron chi connectivity index (χ4n) is 3.21. The highest BCUT2D eigenvalue weighted by atomic mass is 16.5. The molecule has 1 aliphatic carbocycles. The molecule has 6 heteroatoms. The number of nitrogens with zero attached hydrogens (tertiary/aromatic N) is 2. The first kappa shape index (κ1) is 12.6. The molecule has 1 saturated carbocycles. The van der Waals surface area contributed by atoms with Gasteiger partial charge in [-0.2, -0.15) is 0 Å². The van der Waals surface area contributed by atoms with E-state index in [1.54, 1.807) is 30.4 Å². The second-order valence-electron chi connectivity index (χ2n) is 5.24. The van der Waals surface area contributed by atoms with Crippen molar-refractivity contribution in [3.05, 3.63) is 18.7 Å². The Balaban J connectivity index is 1.57. The van der Waals surface area contributed by atoms with E-state index in [0.29, 0.717) is 19.1 Å². The number of carbonyl (C=O) groups is 1. The van der Waals surface area contributed by atoms with Crippen LogP contribution < -0.4 is 5.32 Å². The van der Waals surface area contributed by atoms with E-state index in [1.807, 2.05) is 0 Å². The number of ether oxygens (including phenoxy) is 2. The minimum absolute atomic E-state index is 0.0226. The average molecular weight is 265 g/mol. The Bertz CT molecular complexity index is 434. The lowest BCUT2D eigenvalue weighted by molar-refractivity contribution is -0.130. The third kappa shape index (κ3) is 2.37. The van der Waals surface area contributed by atoms with Crippen LogP contribution in [-0.4, -0.2) is 47.9 Å². The molecule has 0 unspecified atom stereocenters. The van der Waals surface area contributed by atoms with E-state index in [4.69, 9.17) is 9.47 Å². The number of hydrogen-bond acceptors (Lipinski definition) is 4. The maximum absolute atomic E-state index is 12.0. The largest absolute Gasteiger partial charge is 0.384 e. The molecule has 6 nitrogen and oxygen atoms in total. The molecule has 1 amide bonds. The summed E-state index contributed by atoms with van der Waals surface area (Å²) in [5, 5.41) is 3.11. The molecule has 0 bridgehead atoms. The lowest BCUT2D eigenvalue weighted by Gasteiger charge is -2.47. The van der Waals surface area contributed by atoms with Gasteiger partial charge in [0.15, 0.2) is 0 Å². The number of aromatic nitrogens is 2. The zero-order valence-corrected chi connectivity index (χ0v) is 11.0. The van der Waals surface area contributed by atoms with Crippen LogP contribution in [0.1, 0.15) is 6.42 Å². The molecule has 0 spiro atoms. The van der Waals surface area contributed by atoms with E-state index < -0.39 is 0 Å². The number of imidazole rings is 1. The zero-order valence-electron chi connectivity index (χ0n) is 11.0. The van der Waals surface area contributed by atoms with Crippen molar-refractivity contribution in [3.63, 3.8) is 0 Å². The Kier molecular flexibility index (Phi) is 3.52. The summed E-state index contributed by atoms with van der Waals surface area (Å²) in [6.07, 6.45) is 6.40. The van der Waals surface area contributed by atoms with Crippen LogP contribution in [0.5, 0.6) is 0 Å². The van der Waals surface area contributed by atoms with Gasteiger partial charge < -0.3 is 19.4 Å². The fraction of sp³-hybridized carbons (Fsp3) is 0.692. The summed E-state index contributed by atoms with van der Waals surface area (Å²) < 4.78 is 12.7. The first-order chi connectivity index (χ1) is 9.29. The molecule has 0 aromatic carbocycles. The Hall–Kier alpha value is -1.40. The average Bonchev–Trinajstić information content (AvgIpc) is 3.02. The predicted molar refractivity (Wildman–Crippen MR) is 67.4 cm³/mol. The lowest BCUT2D eigenvalue weighted by atomic mass is 9.67. The lowest BCUT2D eigenvalue weighted by Crippen LogP contribution is -2.63. The molecule has 1 aliphatic heterocycles. The SMILES string of the molecule is COC[C@H]1[C@@H](NC(=O)Cn2ccnc2)[C@@H]2CCO[C@@H]21. The minimum atomic E-state index is 0.0226. The Labute approximate surface area is 112 Å². The third-order valence-electron chi connectivity index (χ3n) is 4.10. The first-order valence-corrected chi connectivity index (χ1v) is 6.65. The number of amides is 1. The quantitative estimate of drug-likeness (QED) is 0.817. The number of carbonyl (C=O) groups excluding carboxylic acids is 1. The van der Waals surface area contributed by atoms with E-state index in [-0.39, 0.29) is 24.0 Å². The van der Waals surface area contributed by atoms with Crippen molar-refractivity contribution in [1.82, 2.24) is 14.9 Å². The van der Waals surface area contributed by atoms with Crippen LogP contribution >= 0.6 is 0 Å². The zero-order chi connectivity index (χ0) is 13.2. The highest BCUT2D eigenvalue weighted by Gasteiger charge is 2.54. The van der Waals surface area contributed by atoms with E-state index >= 15 is 0 Å². The van der Waals surface area contributed by atoms with Gasteiger partial charge in [0, 0.05) is 44.0 Å². The monoisotopic (exact) mass is 265 g/mol. The smallest absolute Gasteiger partial charge is 0.240 e. The molecule has 2 heterocycles. The summed E-state index contributed by atoms with van der Waals surface area (Å²) in [6.45, 7) is 1.75. The third-order valence-corrected chi connectivity index (χ3v) is 4.10. The van der Waals surface area contributed by atoms with Crippen molar-refractivity contribution < 1.29 is 14.3 Å². The summed E-state index contributed by atoms with van der Waals surface area (Å²) in [7, 11) is 1.69. The van der Waals surface area contributed by atoms with E-state index in [1.165, 1.54) is 0 Å². The normalized spacial score (nSPS) is 32.7. The fourth-order valence-corrected chi connectivity index (χ4v) is 3.21. The second-order valence-corrected chi connectivity index (χ2v) is 5.24. The molecule has 0 radical (unpaired) electrons.